The number of nitrogens with zero attached hydrogens (tertiary/aromatic N) is 18. The first-order valence-electron chi connectivity index (χ1n) is 42.9. The van der Waals surface area contributed by atoms with Crippen LogP contribution in [-0.2, 0) is 84.0 Å². The number of fused-ring (bicyclic) bond motifs is 5. The first-order valence-corrected chi connectivity index (χ1v) is 45.9. The Kier molecular flexibility index (Phi) is 26.3. The maximum absolute atomic E-state index is 12.8. The van der Waals surface area contributed by atoms with Gasteiger partial charge >= 0.3 is 0 Å². The Labute approximate surface area is 760 Å². The highest BCUT2D eigenvalue weighted by Gasteiger charge is 2.29. The Bertz CT molecular complexity index is 7230. The fourth-order valence-corrected chi connectivity index (χ4v) is 19.2. The molecule has 18 aromatic heterocycles. The van der Waals surface area contributed by atoms with Crippen molar-refractivity contribution in [3.8, 4) is 55.6 Å². The topological polar surface area (TPSA) is 346 Å². The van der Waals surface area contributed by atoms with Gasteiger partial charge in [0.15, 0.2) is 10.1 Å². The minimum absolute atomic E-state index is 0.0316. The highest BCUT2D eigenvalue weighted by atomic mass is 32.2. The fraction of sp³-hybridized carbons (Fsp3) is 0.242. The zero-order valence-corrected chi connectivity index (χ0v) is 77.0. The number of aryl methyl sites for hydroxylation is 13. The van der Waals surface area contributed by atoms with E-state index in [9.17, 15) is 40.8 Å². The van der Waals surface area contributed by atoms with E-state index >= 15 is 0 Å². The van der Waals surface area contributed by atoms with Crippen LogP contribution in [0, 0.1) is 55.4 Å². The molecule has 2 unspecified atom stereocenters. The van der Waals surface area contributed by atoms with Crippen LogP contribution in [0.15, 0.2) is 273 Å². The Hall–Kier alpha value is -14.6. The Morgan fingerprint density at radius 1 is 0.333 bits per heavy atom. The van der Waals surface area contributed by atoms with Crippen LogP contribution in [0.1, 0.15) is 91.6 Å². The summed E-state index contributed by atoms with van der Waals surface area (Å²) in [6, 6.07) is 42.4. The van der Waals surface area contributed by atoms with E-state index in [1.54, 1.807) is 127 Å². The van der Waals surface area contributed by atoms with Crippen LogP contribution in [0.2, 0.25) is 0 Å². The normalized spacial score (nSPS) is 13.8. The quantitative estimate of drug-likeness (QED) is 0.0855. The Balaban J connectivity index is 0.000000120. The predicted octanol–water partition coefficient (Wildman–Crippen LogP) is 12.1. The molecule has 33 heteroatoms. The summed E-state index contributed by atoms with van der Waals surface area (Å²) >= 11 is 0. The Morgan fingerprint density at radius 3 is 0.992 bits per heavy atom. The largest absolute Gasteiger partial charge is 0.380 e. The van der Waals surface area contributed by atoms with Crippen LogP contribution >= 0.6 is 0 Å². The van der Waals surface area contributed by atoms with E-state index < -0.39 is 20.0 Å². The van der Waals surface area contributed by atoms with Crippen molar-refractivity contribution in [3.63, 3.8) is 0 Å². The van der Waals surface area contributed by atoms with Crippen LogP contribution in [-0.4, -0.2) is 140 Å². The van der Waals surface area contributed by atoms with Gasteiger partial charge in [0.1, 0.15) is 28.2 Å². The first-order chi connectivity index (χ1) is 63.3. The average Bonchev–Trinajstić information content (AvgIpc) is 1.65. The van der Waals surface area contributed by atoms with Crippen molar-refractivity contribution in [2.45, 2.75) is 110 Å². The molecule has 0 bridgehead atoms. The van der Waals surface area contributed by atoms with Crippen molar-refractivity contribution in [1.82, 2.24) is 94.2 Å². The highest BCUT2D eigenvalue weighted by Crippen LogP contribution is 2.30. The summed E-state index contributed by atoms with van der Waals surface area (Å²) < 4.78 is 84.4. The summed E-state index contributed by atoms with van der Waals surface area (Å²) in [6.45, 7) is 17.0. The minimum atomic E-state index is -3.73. The van der Waals surface area contributed by atoms with Gasteiger partial charge in [0, 0.05) is 218 Å². The third-order valence-electron chi connectivity index (χ3n) is 23.5. The number of imidazole rings is 5. The zero-order valence-electron chi connectivity index (χ0n) is 75.4. The lowest BCUT2D eigenvalue weighted by Crippen LogP contribution is -2.35. The number of ether oxygens (including phenoxy) is 2. The second-order valence-corrected chi connectivity index (χ2v) is 36.7. The number of rotatable bonds is 17. The minimum Gasteiger partial charge on any atom is -0.380 e. The molecule has 0 aliphatic carbocycles. The molecule has 31 nitrogen and oxygen atoms in total. The molecule has 2 N–H and O–H groups in total. The van der Waals surface area contributed by atoms with Crippen molar-refractivity contribution >= 4 is 48.3 Å². The van der Waals surface area contributed by atoms with Crippen LogP contribution < -0.4 is 37.2 Å². The molecular formula is C99H100N20O11S2. The molecule has 0 aromatic carbocycles. The third kappa shape index (κ3) is 19.8. The van der Waals surface area contributed by atoms with Gasteiger partial charge in [0.05, 0.1) is 48.4 Å². The molecule has 20 rings (SSSR count). The van der Waals surface area contributed by atoms with Gasteiger partial charge in [-0.1, -0.05) is 12.1 Å². The maximum atomic E-state index is 12.8. The van der Waals surface area contributed by atoms with Crippen molar-refractivity contribution in [1.29, 1.82) is 0 Å². The summed E-state index contributed by atoms with van der Waals surface area (Å²) in [5.74, 6) is 0. The summed E-state index contributed by atoms with van der Waals surface area (Å²) in [5, 5.41) is 0.153. The summed E-state index contributed by atoms with van der Waals surface area (Å²) in [5.41, 5.74) is 26.6. The molecule has 2 fully saturated rings. The molecule has 2 saturated heterocycles. The number of hydrogen-bond acceptors (Lipinski definition) is 19. The lowest BCUT2D eigenvalue weighted by Gasteiger charge is -2.12. The zero-order chi connectivity index (χ0) is 93.1. The van der Waals surface area contributed by atoms with E-state index in [2.05, 4.69) is 99.3 Å². The maximum Gasteiger partial charge on any atom is 0.258 e. The van der Waals surface area contributed by atoms with Gasteiger partial charge in [-0.25, -0.2) is 51.2 Å². The lowest BCUT2D eigenvalue weighted by atomic mass is 10.1. The molecule has 0 spiro atoms. The van der Waals surface area contributed by atoms with Crippen molar-refractivity contribution < 1.29 is 26.3 Å². The molecule has 2 aliphatic heterocycles. The number of pyridine rings is 13. The van der Waals surface area contributed by atoms with Crippen molar-refractivity contribution in [2.75, 3.05) is 26.4 Å². The number of sulfonamides is 2. The van der Waals surface area contributed by atoms with Crippen molar-refractivity contribution in [2.24, 2.45) is 35.2 Å². The van der Waals surface area contributed by atoms with Gasteiger partial charge < -0.3 is 45.5 Å². The SMILES string of the molecule is Cc1cc(-c2ccc3ncc(S(=O)(=O)NC4CCOC4)n3c2)cn(C)c1=O.Cc1cc(-c2ccc3ncc(S(=O)(=O)NC4CCOC4)n3c2)cn(C)c1=O.Cc1nc2ccc(-c3cc(C)c(=O)n(C)c3)cn2c1Cc1ccccn1.Cc1nc2ccc(-c3cc(C)c(=O)n(C)c3)cn2c1Cc1cccnc1.Cc1nc2ccc(-c3cc(C)c(=O)n(C)c3)cn2c1Cc1ccncc1. The van der Waals surface area contributed by atoms with E-state index in [4.69, 9.17) is 9.47 Å². The number of hydrogen-bond donors (Lipinski definition) is 2. The van der Waals surface area contributed by atoms with Crippen LogP contribution in [0.4, 0.5) is 0 Å². The summed E-state index contributed by atoms with van der Waals surface area (Å²) in [4.78, 5) is 94.9. The van der Waals surface area contributed by atoms with Gasteiger partial charge in [0.25, 0.3) is 47.8 Å². The van der Waals surface area contributed by atoms with Crippen molar-refractivity contribution in [3.05, 3.63) is 369 Å². The van der Waals surface area contributed by atoms with E-state index in [0.29, 0.717) is 61.7 Å². The first kappa shape index (κ1) is 90.7. The molecular weight excluding hydrogens is 1710 g/mol. The van der Waals surface area contributed by atoms with Crippen LogP contribution in [0.25, 0.3) is 83.9 Å². The molecule has 0 radical (unpaired) electrons. The van der Waals surface area contributed by atoms with Gasteiger partial charge in [-0.3, -0.25) is 47.7 Å². The second-order valence-electron chi connectivity index (χ2n) is 33.4. The standard InChI is InChI=1S/3C21H20N4O.2C18H20N4O4S/c1-14-10-18(12-24(3)21(14)26)17-4-5-20-23-15(2)19(25(20)13-17)11-16-6-8-22-9-7-16;1-14-9-18(12-24(3)21(14)26)17-6-7-20-23-15(2)19(25(20)13-17)10-16-5-4-8-22-11-16;1-14-10-17(12-24(3)21(14)26)16-7-8-20-23-15(2)19(25(20)13-16)11-18-6-4-5-9-22-18;2*1-12-7-14(9-21(2)18(12)23)13-3-4-16-19-8-17(22(16)10-13)27(24,25)20-15-5-6-26-11-15/h4-10,12-13H,11H2,1-3H3;4-9,11-13H,10H2,1-3H3;4-10,12-13H,11H2,1-3H3;2*3-4,7-10,15,20H,5-6,11H2,1-2H3. The van der Waals surface area contributed by atoms with E-state index in [1.165, 1.54) is 27.1 Å². The molecule has 20 heterocycles. The molecule has 674 valence electrons. The summed E-state index contributed by atoms with van der Waals surface area (Å²) in [7, 11) is 1.27. The van der Waals surface area contributed by atoms with Crippen LogP contribution in [0.5, 0.6) is 0 Å². The predicted molar refractivity (Wildman–Crippen MR) is 507 cm³/mol. The summed E-state index contributed by atoms with van der Waals surface area (Å²) in [6.07, 6.45) is 34.2. The number of aromatic nitrogens is 18. The molecule has 0 amide bonds. The average molecular weight is 1810 g/mol. The van der Waals surface area contributed by atoms with Gasteiger partial charge in [-0.05, 0) is 256 Å². The third-order valence-corrected chi connectivity index (χ3v) is 26.5. The molecule has 132 heavy (non-hydrogen) atoms. The lowest BCUT2D eigenvalue weighted by molar-refractivity contribution is 0.192. The van der Waals surface area contributed by atoms with E-state index in [0.717, 1.165) is 154 Å². The number of nitrogens with one attached hydrogen (secondary N) is 2. The second kappa shape index (κ2) is 38.2. The van der Waals surface area contributed by atoms with Gasteiger partial charge in [-0.2, -0.15) is 0 Å². The van der Waals surface area contributed by atoms with E-state index in [-0.39, 0.29) is 49.9 Å². The highest BCUT2D eigenvalue weighted by molar-refractivity contribution is 7.89. The monoisotopic (exact) mass is 1810 g/mol. The smallest absolute Gasteiger partial charge is 0.258 e. The Morgan fingerprint density at radius 2 is 0.674 bits per heavy atom. The molecule has 2 atom stereocenters. The van der Waals surface area contributed by atoms with E-state index in [1.807, 2.05) is 176 Å². The van der Waals surface area contributed by atoms with Crippen LogP contribution in [0.3, 0.4) is 0 Å². The van der Waals surface area contributed by atoms with Gasteiger partial charge in [-0.15, -0.1) is 0 Å². The molecule has 0 saturated carbocycles. The fourth-order valence-electron chi connectivity index (χ4n) is 16.5. The molecule has 2 aliphatic rings. The van der Waals surface area contributed by atoms with Gasteiger partial charge in [0.2, 0.25) is 0 Å². The molecule has 18 aromatic rings.